The Morgan fingerprint density at radius 2 is 1.95 bits per heavy atom. The second-order valence-corrected chi connectivity index (χ2v) is 5.30. The van der Waals surface area contributed by atoms with Gasteiger partial charge in [0.25, 0.3) is 0 Å². The van der Waals surface area contributed by atoms with Crippen LogP contribution in [0.25, 0.3) is 16.7 Å². The Labute approximate surface area is 122 Å². The Morgan fingerprint density at radius 3 is 2.70 bits per heavy atom. The summed E-state index contributed by atoms with van der Waals surface area (Å²) >= 11 is 3.13. The van der Waals surface area contributed by atoms with E-state index >= 15 is 0 Å². The van der Waals surface area contributed by atoms with Crippen molar-refractivity contribution in [3.05, 3.63) is 52.0 Å². The third-order valence-corrected chi connectivity index (χ3v) is 3.81. The number of nitrogens with zero attached hydrogens (tertiary/aromatic N) is 2. The van der Waals surface area contributed by atoms with Gasteiger partial charge in [-0.25, -0.2) is 13.8 Å². The number of benzene rings is 2. The number of hydrogen-bond acceptors (Lipinski definition) is 2. The van der Waals surface area contributed by atoms with Gasteiger partial charge in [0.1, 0.15) is 11.6 Å². The van der Waals surface area contributed by atoms with Crippen LogP contribution in [0.4, 0.5) is 14.7 Å². The van der Waals surface area contributed by atoms with Crippen LogP contribution in [0.15, 0.2) is 34.8 Å². The van der Waals surface area contributed by atoms with Crippen molar-refractivity contribution in [1.29, 1.82) is 0 Å². The molecule has 0 spiro atoms. The zero-order valence-corrected chi connectivity index (χ0v) is 12.1. The van der Waals surface area contributed by atoms with E-state index in [0.717, 1.165) is 0 Å². The van der Waals surface area contributed by atoms with E-state index in [1.807, 2.05) is 0 Å². The quantitative estimate of drug-likeness (QED) is 0.730. The molecule has 0 atom stereocenters. The Morgan fingerprint density at radius 1 is 1.20 bits per heavy atom. The highest BCUT2D eigenvalue weighted by Crippen LogP contribution is 2.29. The SMILES string of the molecule is Cc1c(F)cccc1-n1c(N)nc2cc(F)c(Br)cc21. The minimum Gasteiger partial charge on any atom is -0.369 e. The molecule has 6 heteroatoms. The predicted molar refractivity (Wildman–Crippen MR) is 77.8 cm³/mol. The zero-order valence-electron chi connectivity index (χ0n) is 10.5. The van der Waals surface area contributed by atoms with Crippen molar-refractivity contribution in [3.63, 3.8) is 0 Å². The van der Waals surface area contributed by atoms with Gasteiger partial charge < -0.3 is 5.73 Å². The summed E-state index contributed by atoms with van der Waals surface area (Å²) in [7, 11) is 0. The number of fused-ring (bicyclic) bond motifs is 1. The van der Waals surface area contributed by atoms with Gasteiger partial charge in [-0.2, -0.15) is 0 Å². The topological polar surface area (TPSA) is 43.8 Å². The molecule has 0 saturated carbocycles. The van der Waals surface area contributed by atoms with E-state index in [1.54, 1.807) is 29.7 Å². The van der Waals surface area contributed by atoms with Crippen molar-refractivity contribution in [2.45, 2.75) is 6.92 Å². The summed E-state index contributed by atoms with van der Waals surface area (Å²) in [5, 5.41) is 0. The highest BCUT2D eigenvalue weighted by molar-refractivity contribution is 9.10. The second kappa shape index (κ2) is 4.56. The molecule has 3 aromatic rings. The molecule has 0 radical (unpaired) electrons. The first-order valence-corrected chi connectivity index (χ1v) is 6.67. The van der Waals surface area contributed by atoms with Gasteiger partial charge in [-0.1, -0.05) is 6.07 Å². The predicted octanol–water partition coefficient (Wildman–Crippen LogP) is 3.96. The van der Waals surface area contributed by atoms with Crippen LogP contribution in [0.5, 0.6) is 0 Å². The summed E-state index contributed by atoms with van der Waals surface area (Å²) in [5.74, 6) is -0.561. The van der Waals surface area contributed by atoms with Crippen LogP contribution in [-0.2, 0) is 0 Å². The molecule has 3 rings (SSSR count). The maximum atomic E-state index is 13.7. The van der Waals surface area contributed by atoms with E-state index in [1.165, 1.54) is 12.1 Å². The number of nitrogen functional groups attached to an aromatic ring is 1. The Hall–Kier alpha value is -1.95. The molecule has 3 nitrogen and oxygen atoms in total. The van der Waals surface area contributed by atoms with Gasteiger partial charge in [0, 0.05) is 11.6 Å². The van der Waals surface area contributed by atoms with Crippen LogP contribution in [0.3, 0.4) is 0 Å². The minimum absolute atomic E-state index is 0.186. The van der Waals surface area contributed by atoms with Crippen LogP contribution < -0.4 is 5.73 Å². The van der Waals surface area contributed by atoms with Crippen molar-refractivity contribution < 1.29 is 8.78 Å². The van der Waals surface area contributed by atoms with Gasteiger partial charge in [-0.15, -0.1) is 0 Å². The molecule has 0 aliphatic carbocycles. The molecule has 0 unspecified atom stereocenters. The zero-order chi connectivity index (χ0) is 14.4. The molecule has 2 N–H and O–H groups in total. The highest BCUT2D eigenvalue weighted by Gasteiger charge is 2.15. The average Bonchev–Trinajstić information content (AvgIpc) is 2.69. The lowest BCUT2D eigenvalue weighted by Gasteiger charge is -2.10. The molecule has 20 heavy (non-hydrogen) atoms. The normalized spacial score (nSPS) is 11.2. The maximum absolute atomic E-state index is 13.7. The number of nitrogens with two attached hydrogens (primary N) is 1. The van der Waals surface area contributed by atoms with Crippen molar-refractivity contribution in [3.8, 4) is 5.69 Å². The molecule has 0 bridgehead atoms. The third-order valence-electron chi connectivity index (χ3n) is 3.20. The number of hydrogen-bond donors (Lipinski definition) is 1. The van der Waals surface area contributed by atoms with Crippen LogP contribution in [-0.4, -0.2) is 9.55 Å². The van der Waals surface area contributed by atoms with Gasteiger partial charge in [0.2, 0.25) is 5.95 Å². The van der Waals surface area contributed by atoms with Crippen LogP contribution in [0.1, 0.15) is 5.56 Å². The second-order valence-electron chi connectivity index (χ2n) is 4.44. The summed E-state index contributed by atoms with van der Waals surface area (Å²) in [6.45, 7) is 1.66. The van der Waals surface area contributed by atoms with E-state index in [-0.39, 0.29) is 11.8 Å². The van der Waals surface area contributed by atoms with Crippen molar-refractivity contribution in [2.24, 2.45) is 0 Å². The van der Waals surface area contributed by atoms with Gasteiger partial charge >= 0.3 is 0 Å². The highest BCUT2D eigenvalue weighted by atomic mass is 79.9. The first kappa shape index (κ1) is 13.1. The molecule has 2 aromatic carbocycles. The van der Waals surface area contributed by atoms with Gasteiger partial charge in [0.15, 0.2) is 0 Å². The molecule has 1 aromatic heterocycles. The van der Waals surface area contributed by atoms with Gasteiger partial charge in [0.05, 0.1) is 21.2 Å². The number of aromatic nitrogens is 2. The lowest BCUT2D eigenvalue weighted by Crippen LogP contribution is -2.03. The molecular formula is C14H10BrF2N3. The Kier molecular flexibility index (Phi) is 2.97. The van der Waals surface area contributed by atoms with E-state index in [2.05, 4.69) is 20.9 Å². The fraction of sp³-hybridized carbons (Fsp3) is 0.0714. The lowest BCUT2D eigenvalue weighted by atomic mass is 10.2. The summed E-state index contributed by atoms with van der Waals surface area (Å²) in [6.07, 6.45) is 0. The average molecular weight is 338 g/mol. The number of rotatable bonds is 1. The van der Waals surface area contributed by atoms with E-state index in [9.17, 15) is 8.78 Å². The Bertz CT molecular complexity index is 827. The minimum atomic E-state index is -0.418. The van der Waals surface area contributed by atoms with Crippen molar-refractivity contribution in [1.82, 2.24) is 9.55 Å². The maximum Gasteiger partial charge on any atom is 0.205 e. The first-order valence-electron chi connectivity index (χ1n) is 5.87. The van der Waals surface area contributed by atoms with Crippen LogP contribution in [0, 0.1) is 18.6 Å². The standard InChI is InChI=1S/C14H10BrF2N3/c1-7-9(16)3-2-4-12(7)20-13-5-8(15)10(17)6-11(13)19-14(20)18/h2-6H,1H3,(H2,18,19). The third kappa shape index (κ3) is 1.87. The summed E-state index contributed by atoms with van der Waals surface area (Å²) < 4.78 is 29.2. The molecule has 1 heterocycles. The van der Waals surface area contributed by atoms with Crippen LogP contribution in [0.2, 0.25) is 0 Å². The fourth-order valence-electron chi connectivity index (χ4n) is 2.18. The van der Waals surface area contributed by atoms with E-state index in [0.29, 0.717) is 26.8 Å². The molecular weight excluding hydrogens is 328 g/mol. The Balaban J connectivity index is 2.39. The largest absolute Gasteiger partial charge is 0.369 e. The summed E-state index contributed by atoms with van der Waals surface area (Å²) in [6, 6.07) is 7.59. The smallest absolute Gasteiger partial charge is 0.205 e. The van der Waals surface area contributed by atoms with E-state index in [4.69, 9.17) is 5.73 Å². The molecule has 0 fully saturated rings. The molecule has 0 amide bonds. The summed E-state index contributed by atoms with van der Waals surface area (Å²) in [5.41, 5.74) is 7.98. The van der Waals surface area contributed by atoms with Gasteiger partial charge in [-0.3, -0.25) is 4.57 Å². The molecule has 102 valence electrons. The number of imidazole rings is 1. The molecule has 0 aliphatic heterocycles. The van der Waals surface area contributed by atoms with Crippen molar-refractivity contribution in [2.75, 3.05) is 5.73 Å². The summed E-state index contributed by atoms with van der Waals surface area (Å²) in [4.78, 5) is 4.12. The first-order chi connectivity index (χ1) is 9.49. The fourth-order valence-corrected chi connectivity index (χ4v) is 2.51. The monoisotopic (exact) mass is 337 g/mol. The van der Waals surface area contributed by atoms with Crippen LogP contribution >= 0.6 is 15.9 Å². The van der Waals surface area contributed by atoms with E-state index < -0.39 is 5.82 Å². The number of halogens is 3. The van der Waals surface area contributed by atoms with Gasteiger partial charge in [-0.05, 0) is 41.1 Å². The van der Waals surface area contributed by atoms with Crippen molar-refractivity contribution >= 4 is 32.9 Å². The molecule has 0 aliphatic rings. The molecule has 0 saturated heterocycles. The lowest BCUT2D eigenvalue weighted by molar-refractivity contribution is 0.617. The number of anilines is 1.